The molecule has 136 valence electrons. The second kappa shape index (κ2) is 5.61. The summed E-state index contributed by atoms with van der Waals surface area (Å²) in [5.41, 5.74) is 7.16. The topological polar surface area (TPSA) is 9.23 Å². The number of rotatable bonds is 2. The smallest absolute Gasteiger partial charge is 0.122 e. The Balaban J connectivity index is 1.54. The highest BCUT2D eigenvalue weighted by Crippen LogP contribution is 2.71. The maximum Gasteiger partial charge on any atom is 0.122 e. The largest absolute Gasteiger partial charge is 0.496 e. The van der Waals surface area contributed by atoms with Crippen molar-refractivity contribution in [3.63, 3.8) is 0 Å². The van der Waals surface area contributed by atoms with Crippen molar-refractivity contribution in [1.29, 1.82) is 0 Å². The zero-order chi connectivity index (χ0) is 18.1. The highest BCUT2D eigenvalue weighted by molar-refractivity contribution is 5.89. The molecule has 6 rings (SSSR count). The van der Waals surface area contributed by atoms with Crippen molar-refractivity contribution in [2.45, 2.75) is 25.7 Å². The van der Waals surface area contributed by atoms with E-state index >= 15 is 0 Å². The number of hydrogen-bond acceptors (Lipinski definition) is 1. The summed E-state index contributed by atoms with van der Waals surface area (Å²) >= 11 is 0. The van der Waals surface area contributed by atoms with E-state index in [0.29, 0.717) is 11.8 Å². The summed E-state index contributed by atoms with van der Waals surface area (Å²) in [5.74, 6) is 5.71. The minimum absolute atomic E-state index is 0.652. The van der Waals surface area contributed by atoms with Gasteiger partial charge in [0.15, 0.2) is 0 Å². The fourth-order valence-electron chi connectivity index (χ4n) is 6.92. The number of methoxy groups -OCH3 is 1. The number of aryl methyl sites for hydroxylation is 1. The Bertz CT molecular complexity index is 964. The lowest BCUT2D eigenvalue weighted by atomic mass is 9.68. The van der Waals surface area contributed by atoms with E-state index in [9.17, 15) is 0 Å². The minimum atomic E-state index is 0.652. The third kappa shape index (κ3) is 2.06. The van der Waals surface area contributed by atoms with Gasteiger partial charge in [0.25, 0.3) is 0 Å². The summed E-state index contributed by atoms with van der Waals surface area (Å²) in [4.78, 5) is 0. The molecule has 4 aliphatic carbocycles. The average molecular weight is 354 g/mol. The molecule has 1 nitrogen and oxygen atoms in total. The normalized spacial score (nSPS) is 36.1. The van der Waals surface area contributed by atoms with Crippen LogP contribution in [-0.2, 0) is 0 Å². The summed E-state index contributed by atoms with van der Waals surface area (Å²) in [5, 5.41) is 0. The second-order valence-electron chi connectivity index (χ2n) is 8.95. The van der Waals surface area contributed by atoms with E-state index in [-0.39, 0.29) is 0 Å². The van der Waals surface area contributed by atoms with Crippen LogP contribution in [0.2, 0.25) is 0 Å². The lowest BCUT2D eigenvalue weighted by Crippen LogP contribution is -2.28. The summed E-state index contributed by atoms with van der Waals surface area (Å²) in [6, 6.07) is 15.7. The monoisotopic (exact) mass is 354 g/mol. The fraction of sp³-hybridized carbons (Fsp3) is 0.385. The summed E-state index contributed by atoms with van der Waals surface area (Å²) in [6.45, 7) is 2.16. The van der Waals surface area contributed by atoms with E-state index in [2.05, 4.69) is 67.6 Å². The van der Waals surface area contributed by atoms with Gasteiger partial charge in [-0.2, -0.15) is 0 Å². The summed E-state index contributed by atoms with van der Waals surface area (Å²) in [6.07, 6.45) is 10.1. The van der Waals surface area contributed by atoms with E-state index in [1.165, 1.54) is 35.1 Å². The molecule has 1 heteroatoms. The first-order valence-electron chi connectivity index (χ1n) is 10.4. The molecule has 2 fully saturated rings. The molecule has 0 aromatic heterocycles. The molecule has 0 saturated heterocycles. The number of hydrogen-bond donors (Lipinski definition) is 0. The van der Waals surface area contributed by atoms with Gasteiger partial charge >= 0.3 is 0 Å². The van der Waals surface area contributed by atoms with E-state index in [1.54, 1.807) is 5.57 Å². The van der Waals surface area contributed by atoms with Crippen LogP contribution < -0.4 is 4.74 Å². The number of fused-ring (bicyclic) bond motifs is 10. The Morgan fingerprint density at radius 2 is 1.81 bits per heavy atom. The first kappa shape index (κ1) is 15.7. The van der Waals surface area contributed by atoms with Crippen LogP contribution in [0, 0.1) is 36.5 Å². The van der Waals surface area contributed by atoms with E-state index < -0.39 is 0 Å². The first-order chi connectivity index (χ1) is 13.3. The maximum atomic E-state index is 5.86. The van der Waals surface area contributed by atoms with E-state index in [0.717, 1.165) is 29.4 Å². The lowest BCUT2D eigenvalue weighted by Gasteiger charge is -2.35. The molecule has 0 radical (unpaired) electrons. The van der Waals surface area contributed by atoms with Gasteiger partial charge in [0.2, 0.25) is 0 Å². The van der Waals surface area contributed by atoms with Crippen LogP contribution in [0.25, 0.3) is 11.6 Å². The SMILES string of the molecule is COc1cccc2c1[C@H]1[C@H]3C[C@H]([C@H]4C=CC[C@H]43)[C@H]1/C2=C\c1ccc(C)cc1. The van der Waals surface area contributed by atoms with Crippen molar-refractivity contribution in [2.24, 2.45) is 29.6 Å². The van der Waals surface area contributed by atoms with Gasteiger partial charge in [0.05, 0.1) is 7.11 Å². The van der Waals surface area contributed by atoms with E-state index in [4.69, 9.17) is 4.74 Å². The van der Waals surface area contributed by atoms with Crippen molar-refractivity contribution in [2.75, 3.05) is 7.11 Å². The van der Waals surface area contributed by atoms with Gasteiger partial charge in [0.1, 0.15) is 5.75 Å². The third-order valence-corrected chi connectivity index (χ3v) is 7.85. The Labute approximate surface area is 161 Å². The van der Waals surface area contributed by atoms with Crippen molar-refractivity contribution in [3.05, 3.63) is 76.9 Å². The quantitative estimate of drug-likeness (QED) is 0.592. The molecule has 0 amide bonds. The minimum Gasteiger partial charge on any atom is -0.496 e. The van der Waals surface area contributed by atoms with Crippen LogP contribution >= 0.6 is 0 Å². The Hall–Kier alpha value is -2.28. The molecule has 0 unspecified atom stereocenters. The number of ether oxygens (including phenoxy) is 1. The Kier molecular flexibility index (Phi) is 3.27. The average Bonchev–Trinajstić information content (AvgIpc) is 3.42. The van der Waals surface area contributed by atoms with Gasteiger partial charge < -0.3 is 4.74 Å². The molecular weight excluding hydrogens is 328 g/mol. The van der Waals surface area contributed by atoms with Crippen LogP contribution in [0.1, 0.15) is 41.0 Å². The molecule has 27 heavy (non-hydrogen) atoms. The number of benzene rings is 2. The van der Waals surface area contributed by atoms with E-state index in [1.807, 2.05) is 7.11 Å². The fourth-order valence-corrected chi connectivity index (χ4v) is 6.92. The Morgan fingerprint density at radius 1 is 0.963 bits per heavy atom. The summed E-state index contributed by atoms with van der Waals surface area (Å²) in [7, 11) is 1.83. The van der Waals surface area contributed by atoms with Crippen LogP contribution in [0.3, 0.4) is 0 Å². The van der Waals surface area contributed by atoms with Gasteiger partial charge in [-0.25, -0.2) is 0 Å². The van der Waals surface area contributed by atoms with Gasteiger partial charge in [-0.15, -0.1) is 0 Å². The summed E-state index contributed by atoms with van der Waals surface area (Å²) < 4.78 is 5.86. The highest BCUT2D eigenvalue weighted by Gasteiger charge is 2.62. The zero-order valence-electron chi connectivity index (χ0n) is 16.1. The van der Waals surface area contributed by atoms with Crippen molar-refractivity contribution in [3.8, 4) is 5.75 Å². The highest BCUT2D eigenvalue weighted by atomic mass is 16.5. The predicted molar refractivity (Wildman–Crippen MR) is 111 cm³/mol. The second-order valence-corrected chi connectivity index (χ2v) is 8.95. The molecule has 0 aliphatic heterocycles. The van der Waals surface area contributed by atoms with Gasteiger partial charge in [-0.3, -0.25) is 0 Å². The molecule has 0 N–H and O–H groups in total. The van der Waals surface area contributed by atoms with Gasteiger partial charge in [0, 0.05) is 5.56 Å². The van der Waals surface area contributed by atoms with Crippen molar-refractivity contribution in [1.82, 2.24) is 0 Å². The number of allylic oxidation sites excluding steroid dienone is 3. The maximum absolute atomic E-state index is 5.86. The standard InChI is InChI=1S/C26H26O/c1-15-9-11-16(12-10-15)13-20-19-7-4-8-23(27-2)25(19)26-22-14-21(24(20)26)17-5-3-6-18(17)22/h3-5,7-13,17-18,21-22,24,26H,6,14H2,1-2H3/b20-13-/t17-,18+,21+,22-,24+,26-/m0/s1. The molecule has 6 atom stereocenters. The van der Waals surface area contributed by atoms with Gasteiger partial charge in [-0.1, -0.05) is 60.2 Å². The molecule has 4 aliphatic rings. The van der Waals surface area contributed by atoms with Crippen LogP contribution in [0.4, 0.5) is 0 Å². The predicted octanol–water partition coefficient (Wildman–Crippen LogP) is 6.10. The van der Waals surface area contributed by atoms with Crippen molar-refractivity contribution >= 4 is 11.6 Å². The zero-order valence-corrected chi connectivity index (χ0v) is 16.1. The third-order valence-electron chi connectivity index (χ3n) is 7.85. The molecule has 2 saturated carbocycles. The lowest BCUT2D eigenvalue weighted by molar-refractivity contribution is 0.219. The van der Waals surface area contributed by atoms with Crippen LogP contribution in [-0.4, -0.2) is 7.11 Å². The van der Waals surface area contributed by atoms with Crippen LogP contribution in [0.15, 0.2) is 54.6 Å². The molecule has 0 heterocycles. The molecule has 2 bridgehead atoms. The Morgan fingerprint density at radius 3 is 2.63 bits per heavy atom. The van der Waals surface area contributed by atoms with Crippen molar-refractivity contribution < 1.29 is 4.74 Å². The molecule has 2 aromatic carbocycles. The first-order valence-corrected chi connectivity index (χ1v) is 10.4. The molecule has 0 spiro atoms. The molecule has 2 aromatic rings. The van der Waals surface area contributed by atoms with Gasteiger partial charge in [-0.05, 0) is 78.0 Å². The van der Waals surface area contributed by atoms with Crippen LogP contribution in [0.5, 0.6) is 5.75 Å². The molecular formula is C26H26O.